The Morgan fingerprint density at radius 1 is 1.14 bits per heavy atom. The van der Waals surface area contributed by atoms with E-state index in [4.69, 9.17) is 0 Å². The smallest absolute Gasteiger partial charge is 0.128 e. The molecule has 0 bridgehead atoms. The summed E-state index contributed by atoms with van der Waals surface area (Å²) in [6.45, 7) is 0. The lowest BCUT2D eigenvalue weighted by atomic mass is 9.94. The number of rotatable bonds is 3. The Morgan fingerprint density at radius 2 is 2.00 bits per heavy atom. The second-order valence-corrected chi connectivity index (χ2v) is 5.75. The molecule has 0 spiro atoms. The van der Waals surface area contributed by atoms with Crippen LogP contribution in [0.4, 0.5) is 4.39 Å². The van der Waals surface area contributed by atoms with Gasteiger partial charge < -0.3 is 5.32 Å². The molecule has 2 nitrogen and oxygen atoms in total. The highest BCUT2D eigenvalue weighted by molar-refractivity contribution is 9.10. The maximum absolute atomic E-state index is 14.2. The SMILES string of the molecule is CNC(c1cc(Br)ccc1F)c1cccc2ccncc12. The molecule has 1 N–H and O–H groups in total. The first-order valence-corrected chi connectivity index (χ1v) is 7.45. The molecule has 2 aromatic carbocycles. The third-order valence-electron chi connectivity index (χ3n) is 3.59. The van der Waals surface area contributed by atoms with Crippen LogP contribution < -0.4 is 5.32 Å². The number of halogens is 2. The standard InChI is InChI=1S/C17H14BrFN2/c1-20-17(14-9-12(18)5-6-16(14)19)13-4-2-3-11-7-8-21-10-15(11)13/h2-10,17,20H,1H3. The highest BCUT2D eigenvalue weighted by atomic mass is 79.9. The molecule has 3 aromatic rings. The van der Waals surface area contributed by atoms with E-state index >= 15 is 0 Å². The summed E-state index contributed by atoms with van der Waals surface area (Å²) in [4.78, 5) is 4.19. The van der Waals surface area contributed by atoms with Crippen molar-refractivity contribution in [2.75, 3.05) is 7.05 Å². The quantitative estimate of drug-likeness (QED) is 0.759. The van der Waals surface area contributed by atoms with Crippen LogP contribution in [0.3, 0.4) is 0 Å². The fourth-order valence-electron chi connectivity index (χ4n) is 2.60. The highest BCUT2D eigenvalue weighted by Gasteiger charge is 2.18. The van der Waals surface area contributed by atoms with E-state index in [1.54, 1.807) is 12.3 Å². The molecule has 0 saturated carbocycles. The predicted octanol–water partition coefficient (Wildman–Crippen LogP) is 4.45. The molecule has 0 aliphatic carbocycles. The zero-order valence-electron chi connectivity index (χ0n) is 11.5. The van der Waals surface area contributed by atoms with E-state index < -0.39 is 0 Å². The minimum atomic E-state index is -0.226. The topological polar surface area (TPSA) is 24.9 Å². The molecule has 0 radical (unpaired) electrons. The summed E-state index contributed by atoms with van der Waals surface area (Å²) in [5, 5.41) is 5.33. The van der Waals surface area contributed by atoms with Gasteiger partial charge in [0.05, 0.1) is 6.04 Å². The molecular weight excluding hydrogens is 331 g/mol. The molecule has 0 amide bonds. The lowest BCUT2D eigenvalue weighted by Crippen LogP contribution is -2.19. The van der Waals surface area contributed by atoms with Crippen LogP contribution in [0, 0.1) is 5.82 Å². The van der Waals surface area contributed by atoms with Crippen molar-refractivity contribution < 1.29 is 4.39 Å². The molecule has 106 valence electrons. The maximum atomic E-state index is 14.2. The maximum Gasteiger partial charge on any atom is 0.128 e. The molecule has 4 heteroatoms. The number of benzene rings is 2. The first-order chi connectivity index (χ1) is 10.2. The van der Waals surface area contributed by atoms with E-state index in [1.165, 1.54) is 6.07 Å². The largest absolute Gasteiger partial charge is 0.309 e. The van der Waals surface area contributed by atoms with Crippen LogP contribution in [0.2, 0.25) is 0 Å². The van der Waals surface area contributed by atoms with Gasteiger partial charge in [-0.2, -0.15) is 0 Å². The average Bonchev–Trinajstić information content (AvgIpc) is 2.51. The van der Waals surface area contributed by atoms with Crippen molar-refractivity contribution in [2.24, 2.45) is 0 Å². The minimum absolute atomic E-state index is 0.224. The van der Waals surface area contributed by atoms with Crippen molar-refractivity contribution >= 4 is 26.7 Å². The molecule has 1 heterocycles. The van der Waals surface area contributed by atoms with E-state index in [9.17, 15) is 4.39 Å². The fraction of sp³-hybridized carbons (Fsp3) is 0.118. The number of nitrogens with zero attached hydrogens (tertiary/aromatic N) is 1. The van der Waals surface area contributed by atoms with Crippen LogP contribution in [0.5, 0.6) is 0 Å². The van der Waals surface area contributed by atoms with Crippen molar-refractivity contribution in [3.63, 3.8) is 0 Å². The van der Waals surface area contributed by atoms with Crippen molar-refractivity contribution in [2.45, 2.75) is 6.04 Å². The summed E-state index contributed by atoms with van der Waals surface area (Å²) in [5.41, 5.74) is 1.63. The molecule has 1 unspecified atom stereocenters. The summed E-state index contributed by atoms with van der Waals surface area (Å²) in [6.07, 6.45) is 3.59. The summed E-state index contributed by atoms with van der Waals surface area (Å²) in [5.74, 6) is -0.224. The summed E-state index contributed by atoms with van der Waals surface area (Å²) in [6, 6.07) is 12.8. The fourth-order valence-corrected chi connectivity index (χ4v) is 2.98. The summed E-state index contributed by atoms with van der Waals surface area (Å²) >= 11 is 3.41. The molecule has 0 aliphatic rings. The van der Waals surface area contributed by atoms with Gasteiger partial charge in [0.25, 0.3) is 0 Å². The van der Waals surface area contributed by atoms with Crippen molar-refractivity contribution in [1.29, 1.82) is 0 Å². The van der Waals surface area contributed by atoms with Crippen LogP contribution >= 0.6 is 15.9 Å². The van der Waals surface area contributed by atoms with E-state index in [0.29, 0.717) is 5.56 Å². The van der Waals surface area contributed by atoms with E-state index in [2.05, 4.69) is 26.2 Å². The summed E-state index contributed by atoms with van der Waals surface area (Å²) in [7, 11) is 1.83. The Kier molecular flexibility index (Phi) is 3.99. The zero-order chi connectivity index (χ0) is 14.8. The van der Waals surface area contributed by atoms with Gasteiger partial charge in [-0.25, -0.2) is 4.39 Å². The lowest BCUT2D eigenvalue weighted by molar-refractivity contribution is 0.577. The first-order valence-electron chi connectivity index (χ1n) is 6.65. The van der Waals surface area contributed by atoms with E-state index in [0.717, 1.165) is 20.8 Å². The van der Waals surface area contributed by atoms with Gasteiger partial charge in [-0.3, -0.25) is 4.98 Å². The Labute approximate surface area is 131 Å². The molecule has 3 rings (SSSR count). The number of nitrogens with one attached hydrogen (secondary N) is 1. The number of fused-ring (bicyclic) bond motifs is 1. The zero-order valence-corrected chi connectivity index (χ0v) is 13.1. The highest BCUT2D eigenvalue weighted by Crippen LogP contribution is 2.31. The van der Waals surface area contributed by atoms with Crippen LogP contribution in [-0.2, 0) is 0 Å². The molecule has 21 heavy (non-hydrogen) atoms. The third-order valence-corrected chi connectivity index (χ3v) is 4.08. The first kappa shape index (κ1) is 14.2. The lowest BCUT2D eigenvalue weighted by Gasteiger charge is -2.20. The second-order valence-electron chi connectivity index (χ2n) is 4.83. The van der Waals surface area contributed by atoms with Gasteiger partial charge in [0, 0.05) is 27.8 Å². The van der Waals surface area contributed by atoms with Gasteiger partial charge in [-0.1, -0.05) is 34.1 Å². The Hall–Kier alpha value is -1.78. The van der Waals surface area contributed by atoms with Gasteiger partial charge in [0.2, 0.25) is 0 Å². The molecule has 0 aliphatic heterocycles. The number of hydrogen-bond donors (Lipinski definition) is 1. The number of hydrogen-bond acceptors (Lipinski definition) is 2. The number of aromatic nitrogens is 1. The monoisotopic (exact) mass is 344 g/mol. The Bertz CT molecular complexity index is 783. The minimum Gasteiger partial charge on any atom is -0.309 e. The van der Waals surface area contributed by atoms with Crippen LogP contribution in [-0.4, -0.2) is 12.0 Å². The van der Waals surface area contributed by atoms with Gasteiger partial charge >= 0.3 is 0 Å². The summed E-state index contributed by atoms with van der Waals surface area (Å²) < 4.78 is 15.1. The normalized spacial score (nSPS) is 12.5. The van der Waals surface area contributed by atoms with Gasteiger partial charge in [-0.15, -0.1) is 0 Å². The van der Waals surface area contributed by atoms with E-state index in [-0.39, 0.29) is 11.9 Å². The van der Waals surface area contributed by atoms with Gasteiger partial charge in [0.1, 0.15) is 5.82 Å². The molecule has 1 atom stereocenters. The predicted molar refractivity (Wildman–Crippen MR) is 86.7 cm³/mol. The van der Waals surface area contributed by atoms with Crippen molar-refractivity contribution in [3.8, 4) is 0 Å². The van der Waals surface area contributed by atoms with E-state index in [1.807, 2.05) is 43.6 Å². The van der Waals surface area contributed by atoms with Gasteiger partial charge in [-0.05, 0) is 42.3 Å². The van der Waals surface area contributed by atoms with Crippen LogP contribution in [0.15, 0.2) is 59.3 Å². The Morgan fingerprint density at radius 3 is 2.81 bits per heavy atom. The molecule has 1 aromatic heterocycles. The number of pyridine rings is 1. The molecule has 0 fully saturated rings. The van der Waals surface area contributed by atoms with Crippen molar-refractivity contribution in [1.82, 2.24) is 10.3 Å². The van der Waals surface area contributed by atoms with Gasteiger partial charge in [0.15, 0.2) is 0 Å². The van der Waals surface area contributed by atoms with Crippen LogP contribution in [0.1, 0.15) is 17.2 Å². The second kappa shape index (κ2) is 5.92. The third kappa shape index (κ3) is 2.69. The average molecular weight is 345 g/mol. The van der Waals surface area contributed by atoms with Crippen LogP contribution in [0.25, 0.3) is 10.8 Å². The molecule has 0 saturated heterocycles. The molecular formula is C17H14BrFN2. The Balaban J connectivity index is 2.21. The van der Waals surface area contributed by atoms with Crippen molar-refractivity contribution in [3.05, 3.63) is 76.3 Å².